The largest absolute Gasteiger partial charge is 0.495 e. The predicted molar refractivity (Wildman–Crippen MR) is 85.4 cm³/mol. The van der Waals surface area contributed by atoms with Gasteiger partial charge in [-0.3, -0.25) is 14.9 Å². The lowest BCUT2D eigenvalue weighted by molar-refractivity contribution is -0.384. The fraction of sp³-hybridized carbons (Fsp3) is 0.133. The molecule has 0 spiro atoms. The quantitative estimate of drug-likeness (QED) is 0.487. The molecule has 126 valence electrons. The standard InChI is InChI=1S/C15H12F2N2O4S/c1-23-14-5-2-9(19(21)22)6-13(14)18-15(20)8-24-10-3-4-11(16)12(17)7-10/h2-7H,8H2,1H3,(H,18,20). The maximum atomic E-state index is 13.1. The van der Waals surface area contributed by atoms with E-state index in [0.29, 0.717) is 4.90 Å². The summed E-state index contributed by atoms with van der Waals surface area (Å²) in [4.78, 5) is 22.5. The van der Waals surface area contributed by atoms with Crippen LogP contribution in [0, 0.1) is 21.7 Å². The van der Waals surface area contributed by atoms with Gasteiger partial charge in [-0.2, -0.15) is 0 Å². The van der Waals surface area contributed by atoms with Crippen molar-refractivity contribution in [2.75, 3.05) is 18.2 Å². The van der Waals surface area contributed by atoms with Crippen LogP contribution < -0.4 is 10.1 Å². The van der Waals surface area contributed by atoms with Gasteiger partial charge in [0.15, 0.2) is 11.6 Å². The number of methoxy groups -OCH3 is 1. The third-order valence-electron chi connectivity index (χ3n) is 2.93. The summed E-state index contributed by atoms with van der Waals surface area (Å²) in [5.74, 6) is -2.25. The lowest BCUT2D eigenvalue weighted by Crippen LogP contribution is -2.14. The summed E-state index contributed by atoms with van der Waals surface area (Å²) in [5.41, 5.74) is -0.0399. The highest BCUT2D eigenvalue weighted by Crippen LogP contribution is 2.29. The molecule has 0 aliphatic heterocycles. The molecule has 0 saturated heterocycles. The van der Waals surface area contributed by atoms with E-state index in [0.717, 1.165) is 23.9 Å². The predicted octanol–water partition coefficient (Wildman–Crippen LogP) is 3.61. The number of hydrogen-bond donors (Lipinski definition) is 1. The van der Waals surface area contributed by atoms with Crippen LogP contribution in [0.25, 0.3) is 0 Å². The summed E-state index contributed by atoms with van der Waals surface area (Å²) in [6, 6.07) is 7.12. The van der Waals surface area contributed by atoms with Gasteiger partial charge in [-0.15, -0.1) is 11.8 Å². The van der Waals surface area contributed by atoms with E-state index in [4.69, 9.17) is 4.74 Å². The number of anilines is 1. The molecule has 0 heterocycles. The van der Waals surface area contributed by atoms with Gasteiger partial charge in [0, 0.05) is 17.0 Å². The van der Waals surface area contributed by atoms with Crippen LogP contribution in [0.2, 0.25) is 0 Å². The summed E-state index contributed by atoms with van der Waals surface area (Å²) in [5, 5.41) is 13.3. The van der Waals surface area contributed by atoms with Gasteiger partial charge < -0.3 is 10.1 Å². The molecule has 0 saturated carbocycles. The van der Waals surface area contributed by atoms with Crippen LogP contribution in [0.15, 0.2) is 41.3 Å². The van der Waals surface area contributed by atoms with Gasteiger partial charge in [0.2, 0.25) is 5.91 Å². The van der Waals surface area contributed by atoms with Gasteiger partial charge in [-0.05, 0) is 24.3 Å². The van der Waals surface area contributed by atoms with Gasteiger partial charge in [0.05, 0.1) is 23.5 Å². The zero-order valence-electron chi connectivity index (χ0n) is 12.4. The van der Waals surface area contributed by atoms with E-state index in [1.807, 2.05) is 0 Å². The average molecular weight is 354 g/mol. The number of nitro benzene ring substituents is 1. The van der Waals surface area contributed by atoms with E-state index >= 15 is 0 Å². The van der Waals surface area contributed by atoms with E-state index in [-0.39, 0.29) is 22.9 Å². The number of halogens is 2. The van der Waals surface area contributed by atoms with Crippen LogP contribution in [-0.4, -0.2) is 23.7 Å². The van der Waals surface area contributed by atoms with E-state index in [1.54, 1.807) is 0 Å². The van der Waals surface area contributed by atoms with Crippen molar-refractivity contribution in [3.05, 3.63) is 58.1 Å². The number of carbonyl (C=O) groups excluding carboxylic acids is 1. The Hall–Kier alpha value is -2.68. The first-order valence-electron chi connectivity index (χ1n) is 6.61. The summed E-state index contributed by atoms with van der Waals surface area (Å²) in [6.07, 6.45) is 0. The van der Waals surface area contributed by atoms with Crippen LogP contribution >= 0.6 is 11.8 Å². The monoisotopic (exact) mass is 354 g/mol. The Balaban J connectivity index is 2.04. The molecule has 2 aromatic rings. The van der Waals surface area contributed by atoms with Crippen molar-refractivity contribution in [2.45, 2.75) is 4.90 Å². The Kier molecular flexibility index (Phi) is 5.69. The number of nitrogens with zero attached hydrogens (tertiary/aromatic N) is 1. The molecular weight excluding hydrogens is 342 g/mol. The van der Waals surface area contributed by atoms with Crippen LogP contribution in [0.4, 0.5) is 20.2 Å². The number of amides is 1. The normalized spacial score (nSPS) is 10.3. The van der Waals surface area contributed by atoms with E-state index in [2.05, 4.69) is 5.32 Å². The Morgan fingerprint density at radius 1 is 1.25 bits per heavy atom. The molecule has 6 nitrogen and oxygen atoms in total. The van der Waals surface area contributed by atoms with Crippen LogP contribution in [-0.2, 0) is 4.79 Å². The number of non-ortho nitro benzene ring substituents is 1. The number of carbonyl (C=O) groups is 1. The lowest BCUT2D eigenvalue weighted by atomic mass is 10.2. The minimum atomic E-state index is -0.999. The van der Waals surface area contributed by atoms with Crippen LogP contribution in [0.1, 0.15) is 0 Å². The number of nitro groups is 1. The summed E-state index contributed by atoms with van der Waals surface area (Å²) < 4.78 is 31.0. The Bertz CT molecular complexity index is 786. The molecule has 0 atom stereocenters. The number of hydrogen-bond acceptors (Lipinski definition) is 5. The first-order valence-corrected chi connectivity index (χ1v) is 7.59. The van der Waals surface area contributed by atoms with Crippen molar-refractivity contribution in [3.63, 3.8) is 0 Å². The fourth-order valence-electron chi connectivity index (χ4n) is 1.81. The van der Waals surface area contributed by atoms with Gasteiger partial charge >= 0.3 is 0 Å². The first-order chi connectivity index (χ1) is 11.4. The molecule has 9 heteroatoms. The maximum Gasteiger partial charge on any atom is 0.271 e. The Morgan fingerprint density at radius 3 is 2.62 bits per heavy atom. The highest BCUT2D eigenvalue weighted by Gasteiger charge is 2.14. The second-order valence-corrected chi connectivity index (χ2v) is 5.60. The molecule has 0 radical (unpaired) electrons. The van der Waals surface area contributed by atoms with Crippen molar-refractivity contribution >= 4 is 29.0 Å². The second-order valence-electron chi connectivity index (χ2n) is 4.55. The van der Waals surface area contributed by atoms with Crippen molar-refractivity contribution in [1.29, 1.82) is 0 Å². The van der Waals surface area contributed by atoms with Gasteiger partial charge in [-0.25, -0.2) is 8.78 Å². The summed E-state index contributed by atoms with van der Waals surface area (Å²) in [7, 11) is 1.37. The number of benzene rings is 2. The molecule has 1 amide bonds. The van der Waals surface area contributed by atoms with Crippen LogP contribution in [0.5, 0.6) is 5.75 Å². The van der Waals surface area contributed by atoms with E-state index < -0.39 is 22.5 Å². The van der Waals surface area contributed by atoms with Crippen molar-refractivity contribution in [2.24, 2.45) is 0 Å². The second kappa shape index (κ2) is 7.73. The van der Waals surface area contributed by atoms with Crippen molar-refractivity contribution in [3.8, 4) is 5.75 Å². The SMILES string of the molecule is COc1ccc([N+](=O)[O-])cc1NC(=O)CSc1ccc(F)c(F)c1. The lowest BCUT2D eigenvalue weighted by Gasteiger charge is -2.10. The molecular formula is C15H12F2N2O4S. The first kappa shape index (κ1) is 17.7. The number of thioether (sulfide) groups is 1. The molecule has 0 bridgehead atoms. The summed E-state index contributed by atoms with van der Waals surface area (Å²) in [6.45, 7) is 0. The number of ether oxygens (including phenoxy) is 1. The smallest absolute Gasteiger partial charge is 0.271 e. The maximum absolute atomic E-state index is 13.1. The van der Waals surface area contributed by atoms with Gasteiger partial charge in [0.25, 0.3) is 5.69 Å². The molecule has 24 heavy (non-hydrogen) atoms. The Labute approximate surface area is 140 Å². The number of nitrogens with one attached hydrogen (secondary N) is 1. The van der Waals surface area contributed by atoms with Gasteiger partial charge in [-0.1, -0.05) is 0 Å². The molecule has 0 fully saturated rings. The van der Waals surface area contributed by atoms with Crippen molar-refractivity contribution < 1.29 is 23.2 Å². The zero-order chi connectivity index (χ0) is 17.7. The Morgan fingerprint density at radius 2 is 2.00 bits per heavy atom. The summed E-state index contributed by atoms with van der Waals surface area (Å²) >= 11 is 1.00. The molecule has 1 N–H and O–H groups in total. The minimum Gasteiger partial charge on any atom is -0.495 e. The third kappa shape index (κ3) is 4.42. The molecule has 2 aromatic carbocycles. The molecule has 0 aliphatic rings. The molecule has 0 aromatic heterocycles. The van der Waals surface area contributed by atoms with Crippen molar-refractivity contribution in [1.82, 2.24) is 0 Å². The van der Waals surface area contributed by atoms with Crippen LogP contribution in [0.3, 0.4) is 0 Å². The number of rotatable bonds is 6. The fourth-order valence-corrected chi connectivity index (χ4v) is 2.53. The topological polar surface area (TPSA) is 81.5 Å². The average Bonchev–Trinajstić information content (AvgIpc) is 2.55. The highest BCUT2D eigenvalue weighted by atomic mass is 32.2. The minimum absolute atomic E-state index is 0.0864. The molecule has 0 aliphatic carbocycles. The zero-order valence-corrected chi connectivity index (χ0v) is 13.2. The van der Waals surface area contributed by atoms with E-state index in [1.165, 1.54) is 31.4 Å². The molecule has 2 rings (SSSR count). The third-order valence-corrected chi connectivity index (χ3v) is 3.92. The highest BCUT2D eigenvalue weighted by molar-refractivity contribution is 8.00. The van der Waals surface area contributed by atoms with Gasteiger partial charge in [0.1, 0.15) is 5.75 Å². The van der Waals surface area contributed by atoms with E-state index in [9.17, 15) is 23.7 Å². The molecule has 0 unspecified atom stereocenters.